The van der Waals surface area contributed by atoms with E-state index in [9.17, 15) is 28.0 Å². The van der Waals surface area contributed by atoms with E-state index < -0.39 is 24.1 Å². The number of nitrogens with zero attached hydrogens (tertiary/aromatic N) is 8. The Morgan fingerprint density at radius 1 is 1.07 bits per heavy atom. The van der Waals surface area contributed by atoms with Crippen molar-refractivity contribution in [1.82, 2.24) is 39.5 Å². The van der Waals surface area contributed by atoms with Crippen LogP contribution in [0.25, 0.3) is 5.65 Å². The normalized spacial score (nSPS) is 19.9. The van der Waals surface area contributed by atoms with Gasteiger partial charge in [0.2, 0.25) is 5.91 Å². The van der Waals surface area contributed by atoms with Gasteiger partial charge in [-0.2, -0.15) is 10.2 Å². The molecule has 14 nitrogen and oxygen atoms in total. The first kappa shape index (κ1) is 37.4. The molecule has 7 rings (SSSR count). The molecular formula is C37H43ClF2N10O4. The Morgan fingerprint density at radius 3 is 2.59 bits per heavy atom. The average Bonchev–Trinajstić information content (AvgIpc) is 3.80. The molecule has 5 heterocycles. The maximum absolute atomic E-state index is 14.0. The van der Waals surface area contributed by atoms with Crippen molar-refractivity contribution in [2.75, 3.05) is 50.0 Å². The lowest BCUT2D eigenvalue weighted by molar-refractivity contribution is -0.120. The number of imide groups is 1. The number of nitrogens with one attached hydrogen (secondary N) is 2. The van der Waals surface area contributed by atoms with Crippen molar-refractivity contribution >= 4 is 52.4 Å². The van der Waals surface area contributed by atoms with E-state index in [2.05, 4.69) is 37.8 Å². The van der Waals surface area contributed by atoms with E-state index in [4.69, 9.17) is 11.6 Å². The largest absolute Gasteiger partial charge is 0.339 e. The summed E-state index contributed by atoms with van der Waals surface area (Å²) in [5.41, 5.74) is 0.927. The van der Waals surface area contributed by atoms with E-state index >= 15 is 0 Å². The molecule has 0 bridgehead atoms. The fourth-order valence-electron chi connectivity index (χ4n) is 7.81. The monoisotopic (exact) mass is 764 g/mol. The minimum absolute atomic E-state index is 0.00803. The molecule has 3 aromatic heterocycles. The zero-order valence-electron chi connectivity index (χ0n) is 30.0. The Balaban J connectivity index is 0.849. The van der Waals surface area contributed by atoms with Crippen molar-refractivity contribution in [2.45, 2.75) is 63.8 Å². The number of anilines is 2. The van der Waals surface area contributed by atoms with Crippen LogP contribution in [0.15, 0.2) is 49.1 Å². The molecule has 17 heteroatoms. The van der Waals surface area contributed by atoms with Gasteiger partial charge in [0, 0.05) is 56.8 Å². The highest BCUT2D eigenvalue weighted by atomic mass is 35.5. The molecule has 0 atom stereocenters. The Kier molecular flexibility index (Phi) is 11.2. The van der Waals surface area contributed by atoms with Gasteiger partial charge in [0.25, 0.3) is 18.2 Å². The first-order valence-electron chi connectivity index (χ1n) is 18.4. The standard InChI is InChI=1S/C37H43ClF2N10O4/c1-46(21-24-10-16-47(17-11-24)36(53)25-5-8-28(38)30(19-25)48-18-12-31(51)44-37(48)54)15-9-23-3-6-26(7-4-23)50-22-29(32(45-50)33(39)40)43-35(52)27-20-42-49-14-2-13-41-34(27)49/h2,5,8,13-14,19-20,22-24,26,33H,3-4,6-7,9-12,15-18,21H2,1H3,(H,43,52)(H,44,51,54). The summed E-state index contributed by atoms with van der Waals surface area (Å²) in [6, 6.07) is 6.02. The third-order valence-corrected chi connectivity index (χ3v) is 11.2. The van der Waals surface area contributed by atoms with Gasteiger partial charge < -0.3 is 15.1 Å². The van der Waals surface area contributed by atoms with Crippen LogP contribution in [0.5, 0.6) is 0 Å². The van der Waals surface area contributed by atoms with Gasteiger partial charge in [0.05, 0.1) is 28.6 Å². The quantitative estimate of drug-likeness (QED) is 0.194. The molecule has 4 aromatic rings. The lowest BCUT2D eigenvalue weighted by Crippen LogP contribution is -2.49. The Labute approximate surface area is 315 Å². The fraction of sp³-hybridized carbons (Fsp3) is 0.486. The summed E-state index contributed by atoms with van der Waals surface area (Å²) >= 11 is 6.37. The van der Waals surface area contributed by atoms with Gasteiger partial charge in [0.1, 0.15) is 5.56 Å². The number of carbonyl (C=O) groups excluding carboxylic acids is 4. The number of hydrogen-bond donors (Lipinski definition) is 2. The SMILES string of the molecule is CN(CCC1CCC(n2cc(NC(=O)c3cnn4cccnc34)c(C(F)F)n2)CC1)CC1CCN(C(=O)c2ccc(Cl)c(N3CCC(=O)NC3=O)c2)CC1. The molecule has 0 spiro atoms. The number of amides is 5. The number of rotatable bonds is 11. The molecule has 286 valence electrons. The van der Waals surface area contributed by atoms with Crippen molar-refractivity contribution in [1.29, 1.82) is 0 Å². The summed E-state index contributed by atoms with van der Waals surface area (Å²) in [4.78, 5) is 60.1. The lowest BCUT2D eigenvalue weighted by Gasteiger charge is -2.35. The first-order valence-corrected chi connectivity index (χ1v) is 18.8. The minimum Gasteiger partial charge on any atom is -0.339 e. The lowest BCUT2D eigenvalue weighted by atomic mass is 9.84. The number of hydrogen-bond acceptors (Lipinski definition) is 8. The predicted octanol–water partition coefficient (Wildman–Crippen LogP) is 5.82. The fourth-order valence-corrected chi connectivity index (χ4v) is 8.03. The van der Waals surface area contributed by atoms with Gasteiger partial charge in [0.15, 0.2) is 11.3 Å². The number of fused-ring (bicyclic) bond motifs is 1. The number of likely N-dealkylation sites (tertiary alicyclic amines) is 1. The molecule has 0 radical (unpaired) electrons. The van der Waals surface area contributed by atoms with Gasteiger partial charge >= 0.3 is 6.03 Å². The minimum atomic E-state index is -2.84. The van der Waals surface area contributed by atoms with Crippen LogP contribution in [0, 0.1) is 11.8 Å². The molecule has 2 saturated heterocycles. The highest BCUT2D eigenvalue weighted by Crippen LogP contribution is 2.36. The summed E-state index contributed by atoms with van der Waals surface area (Å²) in [6.45, 7) is 3.37. The summed E-state index contributed by atoms with van der Waals surface area (Å²) in [6.07, 6.45) is 9.77. The molecule has 3 aliphatic rings. The Hall–Kier alpha value is -4.96. The van der Waals surface area contributed by atoms with Crippen LogP contribution in [0.1, 0.15) is 90.2 Å². The predicted molar refractivity (Wildman–Crippen MR) is 197 cm³/mol. The van der Waals surface area contributed by atoms with Crippen molar-refractivity contribution in [3.05, 3.63) is 70.9 Å². The summed E-state index contributed by atoms with van der Waals surface area (Å²) < 4.78 is 31.0. The Bertz CT molecular complexity index is 2020. The van der Waals surface area contributed by atoms with Crippen molar-refractivity contribution in [3.8, 4) is 0 Å². The van der Waals surface area contributed by atoms with E-state index in [0.29, 0.717) is 46.8 Å². The third-order valence-electron chi connectivity index (χ3n) is 10.9. The van der Waals surface area contributed by atoms with Gasteiger partial charge in [-0.15, -0.1) is 0 Å². The summed E-state index contributed by atoms with van der Waals surface area (Å²) in [5, 5.41) is 13.6. The van der Waals surface area contributed by atoms with Crippen LogP contribution in [0.4, 0.5) is 25.0 Å². The van der Waals surface area contributed by atoms with Crippen molar-refractivity contribution in [3.63, 3.8) is 0 Å². The molecule has 1 aliphatic carbocycles. The average molecular weight is 765 g/mol. The number of carbonyl (C=O) groups is 4. The topological polar surface area (TPSA) is 150 Å². The van der Waals surface area contributed by atoms with Crippen LogP contribution in [0.2, 0.25) is 5.02 Å². The molecule has 3 fully saturated rings. The highest BCUT2D eigenvalue weighted by molar-refractivity contribution is 6.34. The second-order valence-electron chi connectivity index (χ2n) is 14.5. The molecule has 54 heavy (non-hydrogen) atoms. The number of halogens is 3. The molecule has 1 aromatic carbocycles. The van der Waals surface area contributed by atoms with Crippen LogP contribution in [-0.2, 0) is 4.79 Å². The maximum Gasteiger partial charge on any atom is 0.328 e. The van der Waals surface area contributed by atoms with Crippen LogP contribution in [0.3, 0.4) is 0 Å². The van der Waals surface area contributed by atoms with Crippen molar-refractivity contribution < 1.29 is 28.0 Å². The van der Waals surface area contributed by atoms with E-state index in [1.807, 2.05) is 4.90 Å². The van der Waals surface area contributed by atoms with Gasteiger partial charge in [-0.3, -0.25) is 29.3 Å². The van der Waals surface area contributed by atoms with E-state index in [1.54, 1.807) is 35.1 Å². The zero-order valence-corrected chi connectivity index (χ0v) is 30.7. The number of aromatic nitrogens is 5. The maximum atomic E-state index is 14.0. The summed E-state index contributed by atoms with van der Waals surface area (Å²) in [7, 11) is 2.14. The van der Waals surface area contributed by atoms with Crippen molar-refractivity contribution in [2.24, 2.45) is 11.8 Å². The molecule has 1 saturated carbocycles. The number of alkyl halides is 2. The summed E-state index contributed by atoms with van der Waals surface area (Å²) in [5.74, 6) is -0.0261. The van der Waals surface area contributed by atoms with Crippen LogP contribution < -0.4 is 15.5 Å². The smallest absolute Gasteiger partial charge is 0.328 e. The highest BCUT2D eigenvalue weighted by Gasteiger charge is 2.30. The molecule has 2 N–H and O–H groups in total. The van der Waals surface area contributed by atoms with Gasteiger partial charge in [-0.25, -0.2) is 23.1 Å². The number of urea groups is 1. The molecule has 2 aliphatic heterocycles. The van der Waals surface area contributed by atoms with E-state index in [1.165, 1.54) is 28.0 Å². The number of benzene rings is 1. The van der Waals surface area contributed by atoms with Crippen LogP contribution in [-0.4, -0.2) is 97.7 Å². The second-order valence-corrected chi connectivity index (χ2v) is 14.9. The van der Waals surface area contributed by atoms with E-state index in [-0.39, 0.29) is 42.1 Å². The third kappa shape index (κ3) is 8.23. The zero-order chi connectivity index (χ0) is 37.9. The van der Waals surface area contributed by atoms with Gasteiger partial charge in [-0.1, -0.05) is 11.6 Å². The van der Waals surface area contributed by atoms with E-state index in [0.717, 1.165) is 58.0 Å². The number of piperidine rings is 1. The van der Waals surface area contributed by atoms with Crippen LogP contribution >= 0.6 is 11.6 Å². The van der Waals surface area contributed by atoms with Gasteiger partial charge in [-0.05, 0) is 94.6 Å². The molecular weight excluding hydrogens is 722 g/mol. The molecule has 5 amide bonds. The Morgan fingerprint density at radius 2 is 1.85 bits per heavy atom. The second kappa shape index (κ2) is 16.2. The molecule has 0 unspecified atom stereocenters. The first-order chi connectivity index (χ1) is 26.0.